The van der Waals surface area contributed by atoms with E-state index in [-0.39, 0.29) is 23.5 Å². The van der Waals surface area contributed by atoms with Gasteiger partial charge in [-0.05, 0) is 18.8 Å². The van der Waals surface area contributed by atoms with Crippen LogP contribution in [0.3, 0.4) is 0 Å². The standard InChI is InChI=1S/C14H26N2O4/c1-8(2)6-9(12(17)18)15-13(19)16-10-7-11(20-5)14(10,3)4/h8-11H,6-7H2,1-5H3,(H,17,18)(H2,15,16,19)/t9-,10?,11?/m1/s1. The van der Waals surface area contributed by atoms with Crippen molar-refractivity contribution in [2.45, 2.75) is 58.7 Å². The van der Waals surface area contributed by atoms with Gasteiger partial charge in [0.15, 0.2) is 0 Å². The minimum absolute atomic E-state index is 0.000875. The van der Waals surface area contributed by atoms with E-state index in [2.05, 4.69) is 10.6 Å². The number of carboxylic acids is 1. The van der Waals surface area contributed by atoms with E-state index < -0.39 is 18.0 Å². The fourth-order valence-electron chi connectivity index (χ4n) is 2.58. The molecule has 6 heteroatoms. The van der Waals surface area contributed by atoms with Gasteiger partial charge in [0.25, 0.3) is 0 Å². The number of hydrogen-bond donors (Lipinski definition) is 3. The minimum atomic E-state index is -1.00. The van der Waals surface area contributed by atoms with Crippen molar-refractivity contribution in [3.63, 3.8) is 0 Å². The van der Waals surface area contributed by atoms with Gasteiger partial charge in [-0.15, -0.1) is 0 Å². The number of aliphatic carboxylic acids is 1. The molecule has 20 heavy (non-hydrogen) atoms. The van der Waals surface area contributed by atoms with Crippen molar-refractivity contribution in [3.05, 3.63) is 0 Å². The number of hydrogen-bond acceptors (Lipinski definition) is 3. The third-order valence-corrected chi connectivity index (χ3v) is 4.08. The molecule has 0 bridgehead atoms. The van der Waals surface area contributed by atoms with Gasteiger partial charge in [0.2, 0.25) is 0 Å². The van der Waals surface area contributed by atoms with Gasteiger partial charge in [-0.1, -0.05) is 27.7 Å². The summed E-state index contributed by atoms with van der Waals surface area (Å²) in [4.78, 5) is 23.0. The van der Waals surface area contributed by atoms with Crippen LogP contribution in [-0.2, 0) is 9.53 Å². The molecule has 1 aliphatic rings. The first-order valence-corrected chi connectivity index (χ1v) is 7.01. The van der Waals surface area contributed by atoms with Gasteiger partial charge in [-0.25, -0.2) is 9.59 Å². The molecule has 0 aliphatic heterocycles. The lowest BCUT2D eigenvalue weighted by molar-refractivity contribution is -0.139. The molecule has 0 saturated heterocycles. The molecular weight excluding hydrogens is 260 g/mol. The molecule has 6 nitrogen and oxygen atoms in total. The SMILES string of the molecule is COC1CC(NC(=O)N[C@H](CC(C)C)C(=O)O)C1(C)C. The fraction of sp³-hybridized carbons (Fsp3) is 0.857. The molecular formula is C14H26N2O4. The molecule has 1 fully saturated rings. The Balaban J connectivity index is 2.49. The van der Waals surface area contributed by atoms with Crippen LogP contribution in [-0.4, -0.2) is 42.4 Å². The van der Waals surface area contributed by atoms with Crippen molar-refractivity contribution in [2.75, 3.05) is 7.11 Å². The Morgan fingerprint density at radius 2 is 2.00 bits per heavy atom. The van der Waals surface area contributed by atoms with E-state index in [1.165, 1.54) is 0 Å². The molecule has 3 N–H and O–H groups in total. The van der Waals surface area contributed by atoms with Crippen molar-refractivity contribution in [3.8, 4) is 0 Å². The zero-order valence-corrected chi connectivity index (χ0v) is 12.9. The maximum Gasteiger partial charge on any atom is 0.326 e. The number of rotatable bonds is 6. The Morgan fingerprint density at radius 3 is 2.40 bits per heavy atom. The average Bonchev–Trinajstić information content (AvgIpc) is 2.32. The van der Waals surface area contributed by atoms with Crippen molar-refractivity contribution >= 4 is 12.0 Å². The molecule has 0 aromatic heterocycles. The second-order valence-corrected chi connectivity index (χ2v) is 6.47. The van der Waals surface area contributed by atoms with Crippen LogP contribution in [0.2, 0.25) is 0 Å². The largest absolute Gasteiger partial charge is 0.480 e. The summed E-state index contributed by atoms with van der Waals surface area (Å²) in [6, 6.07) is -1.27. The second-order valence-electron chi connectivity index (χ2n) is 6.47. The number of amides is 2. The Hall–Kier alpha value is -1.30. The van der Waals surface area contributed by atoms with Gasteiger partial charge in [0, 0.05) is 18.6 Å². The molecule has 1 saturated carbocycles. The lowest BCUT2D eigenvalue weighted by atomic mass is 9.64. The normalized spacial score (nSPS) is 25.7. The molecule has 2 amide bonds. The molecule has 116 valence electrons. The van der Waals surface area contributed by atoms with E-state index >= 15 is 0 Å². The predicted molar refractivity (Wildman–Crippen MR) is 75.5 cm³/mol. The van der Waals surface area contributed by atoms with Gasteiger partial charge < -0.3 is 20.5 Å². The highest BCUT2D eigenvalue weighted by molar-refractivity contribution is 5.82. The Labute approximate surface area is 120 Å². The monoisotopic (exact) mass is 286 g/mol. The predicted octanol–water partition coefficient (Wildman–Crippen LogP) is 1.60. The number of carbonyl (C=O) groups is 2. The van der Waals surface area contributed by atoms with Crippen LogP contribution in [0.4, 0.5) is 4.79 Å². The third-order valence-electron chi connectivity index (χ3n) is 4.08. The molecule has 3 atom stereocenters. The van der Waals surface area contributed by atoms with Crippen LogP contribution in [0.1, 0.15) is 40.5 Å². The Kier molecular flexibility index (Phi) is 5.39. The molecule has 1 rings (SSSR count). The van der Waals surface area contributed by atoms with Crippen molar-refractivity contribution in [2.24, 2.45) is 11.3 Å². The van der Waals surface area contributed by atoms with E-state index in [1.807, 2.05) is 27.7 Å². The van der Waals surface area contributed by atoms with Gasteiger partial charge in [-0.2, -0.15) is 0 Å². The molecule has 0 aromatic rings. The second kappa shape index (κ2) is 6.43. The highest BCUT2D eigenvalue weighted by Crippen LogP contribution is 2.42. The molecule has 0 heterocycles. The zero-order valence-electron chi connectivity index (χ0n) is 12.9. The Bertz CT molecular complexity index is 368. The van der Waals surface area contributed by atoms with E-state index in [0.717, 1.165) is 6.42 Å². The van der Waals surface area contributed by atoms with Crippen LogP contribution in [0.5, 0.6) is 0 Å². The number of carboxylic acid groups (broad SMARTS) is 1. The number of methoxy groups -OCH3 is 1. The minimum Gasteiger partial charge on any atom is -0.480 e. The summed E-state index contributed by atoms with van der Waals surface area (Å²) in [6.07, 6.45) is 1.29. The van der Waals surface area contributed by atoms with Crippen LogP contribution < -0.4 is 10.6 Å². The molecule has 0 radical (unpaired) electrons. The van der Waals surface area contributed by atoms with E-state index in [1.54, 1.807) is 7.11 Å². The number of carbonyl (C=O) groups excluding carboxylic acids is 1. The first-order chi connectivity index (χ1) is 9.18. The summed E-state index contributed by atoms with van der Waals surface area (Å²) in [5.74, 6) is -0.800. The van der Waals surface area contributed by atoms with Crippen LogP contribution in [0.25, 0.3) is 0 Å². The first kappa shape index (κ1) is 16.8. The summed E-state index contributed by atoms with van der Waals surface area (Å²) in [5.41, 5.74) is -0.136. The van der Waals surface area contributed by atoms with Gasteiger partial charge in [0.1, 0.15) is 6.04 Å². The molecule has 1 aliphatic carbocycles. The Morgan fingerprint density at radius 1 is 1.40 bits per heavy atom. The summed E-state index contributed by atoms with van der Waals surface area (Å²) < 4.78 is 5.32. The summed E-state index contributed by atoms with van der Waals surface area (Å²) >= 11 is 0. The van der Waals surface area contributed by atoms with Crippen LogP contribution in [0.15, 0.2) is 0 Å². The lowest BCUT2D eigenvalue weighted by Gasteiger charge is -2.51. The lowest BCUT2D eigenvalue weighted by Crippen LogP contribution is -2.63. The van der Waals surface area contributed by atoms with Crippen LogP contribution >= 0.6 is 0 Å². The quantitative estimate of drug-likeness (QED) is 0.692. The summed E-state index contributed by atoms with van der Waals surface area (Å²) in [5, 5.41) is 14.5. The maximum absolute atomic E-state index is 11.9. The third kappa shape index (κ3) is 3.85. The van der Waals surface area contributed by atoms with Crippen molar-refractivity contribution in [1.82, 2.24) is 10.6 Å². The molecule has 2 unspecified atom stereocenters. The van der Waals surface area contributed by atoms with Gasteiger partial charge in [-0.3, -0.25) is 0 Å². The topological polar surface area (TPSA) is 87.7 Å². The highest BCUT2D eigenvalue weighted by Gasteiger charge is 2.49. The van der Waals surface area contributed by atoms with E-state index in [0.29, 0.717) is 6.42 Å². The van der Waals surface area contributed by atoms with E-state index in [4.69, 9.17) is 9.84 Å². The highest BCUT2D eigenvalue weighted by atomic mass is 16.5. The van der Waals surface area contributed by atoms with Gasteiger partial charge >= 0.3 is 12.0 Å². The van der Waals surface area contributed by atoms with Crippen molar-refractivity contribution in [1.29, 1.82) is 0 Å². The summed E-state index contributed by atoms with van der Waals surface area (Å²) in [6.45, 7) is 7.90. The zero-order chi connectivity index (χ0) is 15.5. The smallest absolute Gasteiger partial charge is 0.326 e. The maximum atomic E-state index is 11.9. The number of urea groups is 1. The van der Waals surface area contributed by atoms with Crippen molar-refractivity contribution < 1.29 is 19.4 Å². The van der Waals surface area contributed by atoms with Gasteiger partial charge in [0.05, 0.1) is 6.10 Å². The first-order valence-electron chi connectivity index (χ1n) is 7.01. The molecule has 0 spiro atoms. The number of ether oxygens (including phenoxy) is 1. The average molecular weight is 286 g/mol. The number of nitrogens with one attached hydrogen (secondary N) is 2. The van der Waals surface area contributed by atoms with E-state index in [9.17, 15) is 9.59 Å². The molecule has 0 aromatic carbocycles. The fourth-order valence-corrected chi connectivity index (χ4v) is 2.58. The summed E-state index contributed by atoms with van der Waals surface area (Å²) in [7, 11) is 1.66. The van der Waals surface area contributed by atoms with Crippen LogP contribution in [0, 0.1) is 11.3 Å².